The molecule has 0 unspecified atom stereocenters. The van der Waals surface area contributed by atoms with Crippen molar-refractivity contribution in [3.8, 4) is 0 Å². The van der Waals surface area contributed by atoms with Crippen LogP contribution >= 0.6 is 30.3 Å². The van der Waals surface area contributed by atoms with E-state index in [1.807, 2.05) is 86.6 Å². The molecule has 0 saturated carbocycles. The molecular weight excluding hydrogens is 714 g/mol. The van der Waals surface area contributed by atoms with Gasteiger partial charge in [0.2, 0.25) is 0 Å². The molecule has 0 radical (unpaired) electrons. The summed E-state index contributed by atoms with van der Waals surface area (Å²) in [6, 6.07) is 47.7. The predicted octanol–water partition coefficient (Wildman–Crippen LogP) is 14.4. The van der Waals surface area contributed by atoms with Gasteiger partial charge < -0.3 is 15.2 Å². The Bertz CT molecular complexity index is 2050. The summed E-state index contributed by atoms with van der Waals surface area (Å²) < 4.78 is 12.2. The Morgan fingerprint density at radius 2 is 0.811 bits per heavy atom. The second-order valence-electron chi connectivity index (χ2n) is 12.7. The van der Waals surface area contributed by atoms with Crippen LogP contribution < -0.4 is 10.6 Å². The fourth-order valence-corrected chi connectivity index (χ4v) is 7.09. The SMILES string of the molecule is CCP(=O)(CC)Cc1ccc(Cl)cc1.Cc1ccc(Nc2ccc(C=Cc3ccc(Cl)cc3)cc2)cc1.Cc1ccc(Nc2ccc(C=O)cc2)cc1. The molecule has 0 bridgehead atoms. The van der Waals surface area contributed by atoms with Gasteiger partial charge in [-0.3, -0.25) is 4.79 Å². The molecule has 6 aromatic rings. The fourth-order valence-electron chi connectivity index (χ4n) is 5.07. The van der Waals surface area contributed by atoms with Gasteiger partial charge in [-0.2, -0.15) is 0 Å². The molecule has 6 rings (SSSR count). The van der Waals surface area contributed by atoms with Gasteiger partial charge in [0.05, 0.1) is 7.14 Å². The summed E-state index contributed by atoms with van der Waals surface area (Å²) in [7, 11) is -1.96. The molecule has 53 heavy (non-hydrogen) atoms. The molecule has 4 nitrogen and oxygen atoms in total. The molecule has 6 aromatic carbocycles. The first-order valence-electron chi connectivity index (χ1n) is 17.6. The van der Waals surface area contributed by atoms with E-state index in [0.29, 0.717) is 11.7 Å². The van der Waals surface area contributed by atoms with Crippen molar-refractivity contribution in [2.75, 3.05) is 23.0 Å². The van der Waals surface area contributed by atoms with Crippen molar-refractivity contribution >= 4 is 71.5 Å². The van der Waals surface area contributed by atoms with Crippen LogP contribution in [0.25, 0.3) is 12.2 Å². The maximum atomic E-state index is 12.2. The van der Waals surface area contributed by atoms with Crippen molar-refractivity contribution < 1.29 is 9.36 Å². The quantitative estimate of drug-likeness (QED) is 0.0784. The lowest BCUT2D eigenvalue weighted by Gasteiger charge is -2.13. The van der Waals surface area contributed by atoms with E-state index in [0.717, 1.165) is 68.1 Å². The fraction of sp³-hybridized carbons (Fsp3) is 0.152. The van der Waals surface area contributed by atoms with Gasteiger partial charge >= 0.3 is 0 Å². The van der Waals surface area contributed by atoms with Crippen molar-refractivity contribution in [2.24, 2.45) is 0 Å². The average Bonchev–Trinajstić information content (AvgIpc) is 3.19. The molecule has 0 fully saturated rings. The lowest BCUT2D eigenvalue weighted by Crippen LogP contribution is -1.94. The number of hydrogen-bond donors (Lipinski definition) is 2. The van der Waals surface area contributed by atoms with E-state index in [1.165, 1.54) is 11.1 Å². The van der Waals surface area contributed by atoms with Gasteiger partial charge in [0.1, 0.15) is 6.29 Å². The third kappa shape index (κ3) is 14.6. The highest BCUT2D eigenvalue weighted by Gasteiger charge is 2.17. The monoisotopic (exact) mass is 760 g/mol. The van der Waals surface area contributed by atoms with Crippen LogP contribution in [0.15, 0.2) is 146 Å². The van der Waals surface area contributed by atoms with E-state index in [4.69, 9.17) is 23.2 Å². The van der Waals surface area contributed by atoms with Crippen LogP contribution in [0, 0.1) is 13.8 Å². The van der Waals surface area contributed by atoms with Gasteiger partial charge in [0, 0.05) is 44.5 Å². The average molecular weight is 762 g/mol. The third-order valence-electron chi connectivity index (χ3n) is 8.51. The number of aryl methyl sites for hydroxylation is 2. The van der Waals surface area contributed by atoms with E-state index in [2.05, 4.69) is 97.3 Å². The van der Waals surface area contributed by atoms with Crippen molar-refractivity contribution in [3.63, 3.8) is 0 Å². The Balaban J connectivity index is 0.000000185. The second-order valence-corrected chi connectivity index (χ2v) is 17.3. The van der Waals surface area contributed by atoms with Gasteiger partial charge in [-0.05, 0) is 128 Å². The number of halogens is 2. The Labute approximate surface area is 325 Å². The maximum Gasteiger partial charge on any atom is 0.150 e. The number of rotatable bonds is 11. The van der Waals surface area contributed by atoms with E-state index in [9.17, 15) is 9.36 Å². The standard InChI is InChI=1S/C21H18ClN.C14H13NO.C11H16ClOP/c1-16-2-12-20(13-3-16)23-21-14-8-18(9-15-21)5-4-17-6-10-19(22)11-7-17;1-11-2-6-13(7-3-11)15-14-8-4-12(10-16)5-9-14;1-3-14(13,4-2)9-10-5-7-11(12)8-6-10/h2-15,23H,1H3;2-10,15H,1H3;5-8H,3-4,9H2,1-2H3. The van der Waals surface area contributed by atoms with E-state index < -0.39 is 7.14 Å². The number of carbonyl (C=O) groups is 1. The van der Waals surface area contributed by atoms with Gasteiger partial charge in [-0.1, -0.05) is 121 Å². The smallest absolute Gasteiger partial charge is 0.150 e. The highest BCUT2D eigenvalue weighted by atomic mass is 35.5. The normalized spacial score (nSPS) is 10.8. The van der Waals surface area contributed by atoms with Crippen LogP contribution in [0.2, 0.25) is 10.0 Å². The number of carbonyl (C=O) groups excluding carboxylic acids is 1. The topological polar surface area (TPSA) is 58.2 Å². The molecule has 7 heteroatoms. The first-order valence-corrected chi connectivity index (χ1v) is 20.7. The van der Waals surface area contributed by atoms with Gasteiger partial charge in [0.15, 0.2) is 0 Å². The molecule has 272 valence electrons. The Hall–Kier alpha value is -4.86. The van der Waals surface area contributed by atoms with Crippen molar-refractivity contribution in [1.29, 1.82) is 0 Å². The molecule has 0 spiro atoms. The summed E-state index contributed by atoms with van der Waals surface area (Å²) in [4.78, 5) is 10.5. The summed E-state index contributed by atoms with van der Waals surface area (Å²) in [5, 5.41) is 8.16. The van der Waals surface area contributed by atoms with E-state index in [1.54, 1.807) is 12.1 Å². The lowest BCUT2D eigenvalue weighted by atomic mass is 10.1. The molecule has 0 amide bonds. The van der Waals surface area contributed by atoms with Gasteiger partial charge in [-0.25, -0.2) is 0 Å². The van der Waals surface area contributed by atoms with Crippen LogP contribution in [0.5, 0.6) is 0 Å². The first-order chi connectivity index (χ1) is 25.6. The van der Waals surface area contributed by atoms with E-state index in [-0.39, 0.29) is 0 Å². The van der Waals surface area contributed by atoms with Gasteiger partial charge in [-0.15, -0.1) is 0 Å². The molecule has 0 aromatic heterocycles. The zero-order chi connectivity index (χ0) is 38.1. The Morgan fingerprint density at radius 1 is 0.491 bits per heavy atom. The molecule has 0 aliphatic rings. The Morgan fingerprint density at radius 3 is 1.17 bits per heavy atom. The zero-order valence-electron chi connectivity index (χ0n) is 30.7. The third-order valence-corrected chi connectivity index (χ3v) is 12.3. The molecule has 0 aliphatic heterocycles. The Kier molecular flexibility index (Phi) is 16.2. The summed E-state index contributed by atoms with van der Waals surface area (Å²) in [5.41, 5.74) is 10.8. The molecule has 0 aliphatic carbocycles. The zero-order valence-corrected chi connectivity index (χ0v) is 33.1. The van der Waals surface area contributed by atoms with Crippen LogP contribution in [0.1, 0.15) is 52.0 Å². The number of benzene rings is 6. The highest BCUT2D eigenvalue weighted by Crippen LogP contribution is 2.48. The van der Waals surface area contributed by atoms with Crippen molar-refractivity contribution in [1.82, 2.24) is 0 Å². The minimum atomic E-state index is -1.96. The minimum Gasteiger partial charge on any atom is -0.356 e. The van der Waals surface area contributed by atoms with E-state index >= 15 is 0 Å². The predicted molar refractivity (Wildman–Crippen MR) is 231 cm³/mol. The number of nitrogens with one attached hydrogen (secondary N) is 2. The molecule has 2 N–H and O–H groups in total. The second kappa shape index (κ2) is 21.0. The van der Waals surface area contributed by atoms with Crippen LogP contribution in [0.3, 0.4) is 0 Å². The summed E-state index contributed by atoms with van der Waals surface area (Å²) >= 11 is 11.7. The molecule has 0 atom stereocenters. The number of aldehydes is 1. The number of anilines is 4. The number of hydrogen-bond acceptors (Lipinski definition) is 4. The highest BCUT2D eigenvalue weighted by molar-refractivity contribution is 7.63. The largest absolute Gasteiger partial charge is 0.356 e. The lowest BCUT2D eigenvalue weighted by molar-refractivity contribution is 0.112. The van der Waals surface area contributed by atoms with Crippen molar-refractivity contribution in [2.45, 2.75) is 33.9 Å². The first kappa shape index (κ1) is 40.9. The molecule has 0 saturated heterocycles. The van der Waals surface area contributed by atoms with Crippen LogP contribution in [-0.4, -0.2) is 18.6 Å². The summed E-state index contributed by atoms with van der Waals surface area (Å²) in [5.74, 6) is 0. The van der Waals surface area contributed by atoms with Crippen molar-refractivity contribution in [3.05, 3.63) is 189 Å². The molecule has 0 heterocycles. The maximum absolute atomic E-state index is 12.2. The minimum absolute atomic E-state index is 0.689. The summed E-state index contributed by atoms with van der Waals surface area (Å²) in [6.07, 6.45) is 7.29. The van der Waals surface area contributed by atoms with Gasteiger partial charge in [0.25, 0.3) is 0 Å². The molecular formula is C46H47Cl2N2O2P. The van der Waals surface area contributed by atoms with Crippen LogP contribution in [0.4, 0.5) is 22.7 Å². The van der Waals surface area contributed by atoms with Crippen LogP contribution in [-0.2, 0) is 10.7 Å². The summed E-state index contributed by atoms with van der Waals surface area (Å²) in [6.45, 7) is 8.15.